The normalized spacial score (nSPS) is 10.2. The molecule has 2 aromatic heterocycles. The van der Waals surface area contributed by atoms with E-state index in [-0.39, 0.29) is 18.1 Å². The molecule has 0 spiro atoms. The van der Waals surface area contributed by atoms with Gasteiger partial charge in [-0.1, -0.05) is 23.2 Å². The van der Waals surface area contributed by atoms with Gasteiger partial charge in [0.05, 0.1) is 5.02 Å². The molecule has 3 rings (SSSR count). The first kappa shape index (κ1) is 19.5. The van der Waals surface area contributed by atoms with Crippen molar-refractivity contribution < 1.29 is 9.53 Å². The molecule has 0 saturated heterocycles. The molecule has 0 radical (unpaired) electrons. The molecule has 1 aromatic carbocycles. The highest BCUT2D eigenvalue weighted by Crippen LogP contribution is 2.27. The number of pyridine rings is 1. The van der Waals surface area contributed by atoms with Gasteiger partial charge >= 0.3 is 0 Å². The van der Waals surface area contributed by atoms with Crippen molar-refractivity contribution in [2.45, 2.75) is 0 Å². The Morgan fingerprint density at radius 1 is 1.11 bits per heavy atom. The summed E-state index contributed by atoms with van der Waals surface area (Å²) in [6, 6.07) is 8.22. The Hall–Kier alpha value is -3.30. The topological polar surface area (TPSA) is 127 Å². The van der Waals surface area contributed by atoms with Crippen molar-refractivity contribution >= 4 is 52.1 Å². The number of amides is 1. The summed E-state index contributed by atoms with van der Waals surface area (Å²) in [5.41, 5.74) is 12.1. The van der Waals surface area contributed by atoms with E-state index in [2.05, 4.69) is 31.1 Å². The molecule has 3 aromatic rings. The van der Waals surface area contributed by atoms with E-state index < -0.39 is 5.91 Å². The van der Waals surface area contributed by atoms with Gasteiger partial charge in [-0.15, -0.1) is 0 Å². The fraction of sp³-hybridized carbons (Fsp3) is 0.0588. The number of hydrogen-bond acceptors (Lipinski definition) is 8. The zero-order chi connectivity index (χ0) is 19.9. The fourth-order valence-corrected chi connectivity index (χ4v) is 2.53. The van der Waals surface area contributed by atoms with Gasteiger partial charge in [0, 0.05) is 23.1 Å². The number of nitrogens with zero attached hydrogens (tertiary/aromatic N) is 3. The van der Waals surface area contributed by atoms with E-state index in [0.29, 0.717) is 21.6 Å². The fourth-order valence-electron chi connectivity index (χ4n) is 2.07. The standard InChI is InChI=1S/C17H15Cl2N7O2/c18-10-1-2-13(12(19)7-10)28-8-14(27)25-26-17-15(20)16(22-9-23-17)24-11-3-5-21-6-4-11/h1-7,9H,8,20H2,(H,25,27)(H2,21,22,23,24,26). The molecule has 5 N–H and O–H groups in total. The Morgan fingerprint density at radius 2 is 1.86 bits per heavy atom. The monoisotopic (exact) mass is 419 g/mol. The van der Waals surface area contributed by atoms with Gasteiger partial charge in [-0.25, -0.2) is 9.97 Å². The highest BCUT2D eigenvalue weighted by Gasteiger charge is 2.11. The summed E-state index contributed by atoms with van der Waals surface area (Å²) in [6.07, 6.45) is 4.57. The van der Waals surface area contributed by atoms with Crippen LogP contribution in [0, 0.1) is 0 Å². The molecule has 0 fully saturated rings. The average molecular weight is 420 g/mol. The zero-order valence-corrected chi connectivity index (χ0v) is 15.8. The minimum atomic E-state index is -0.465. The van der Waals surface area contributed by atoms with E-state index in [4.69, 9.17) is 33.7 Å². The Morgan fingerprint density at radius 3 is 2.61 bits per heavy atom. The van der Waals surface area contributed by atoms with Crippen LogP contribution in [0.25, 0.3) is 0 Å². The number of ether oxygens (including phenoxy) is 1. The van der Waals surface area contributed by atoms with Crippen molar-refractivity contribution in [1.29, 1.82) is 0 Å². The van der Waals surface area contributed by atoms with Gasteiger partial charge in [0.25, 0.3) is 5.91 Å². The minimum absolute atomic E-state index is 0.223. The third-order valence-corrected chi connectivity index (χ3v) is 3.93. The second-order valence-corrected chi connectivity index (χ2v) is 6.23. The number of carbonyl (C=O) groups excluding carboxylic acids is 1. The lowest BCUT2D eigenvalue weighted by Gasteiger charge is -2.13. The number of nitrogens with one attached hydrogen (secondary N) is 3. The largest absolute Gasteiger partial charge is 0.482 e. The second kappa shape index (κ2) is 9.07. The van der Waals surface area contributed by atoms with Crippen LogP contribution in [0.2, 0.25) is 10.0 Å². The maximum absolute atomic E-state index is 12.0. The van der Waals surface area contributed by atoms with Crippen molar-refractivity contribution in [2.24, 2.45) is 0 Å². The Bertz CT molecular complexity index is 973. The van der Waals surface area contributed by atoms with Gasteiger partial charge in [-0.2, -0.15) is 0 Å². The average Bonchev–Trinajstić information content (AvgIpc) is 2.69. The maximum atomic E-state index is 12.0. The quantitative estimate of drug-likeness (QED) is 0.430. The summed E-state index contributed by atoms with van der Waals surface area (Å²) in [6.45, 7) is -0.276. The van der Waals surface area contributed by atoms with Crippen LogP contribution in [-0.4, -0.2) is 27.5 Å². The molecule has 0 atom stereocenters. The van der Waals surface area contributed by atoms with E-state index in [0.717, 1.165) is 5.69 Å². The van der Waals surface area contributed by atoms with Crippen LogP contribution >= 0.6 is 23.2 Å². The number of rotatable bonds is 7. The molecule has 0 aliphatic carbocycles. The van der Waals surface area contributed by atoms with Gasteiger partial charge in [0.2, 0.25) is 0 Å². The highest BCUT2D eigenvalue weighted by atomic mass is 35.5. The molecule has 9 nitrogen and oxygen atoms in total. The summed E-state index contributed by atoms with van der Waals surface area (Å²) < 4.78 is 5.35. The molecular formula is C17H15Cl2N7O2. The van der Waals surface area contributed by atoms with Crippen molar-refractivity contribution in [3.8, 4) is 5.75 Å². The first-order valence-electron chi connectivity index (χ1n) is 7.93. The molecule has 0 saturated carbocycles. The van der Waals surface area contributed by atoms with E-state index >= 15 is 0 Å². The van der Waals surface area contributed by atoms with E-state index in [1.807, 2.05) is 0 Å². The van der Waals surface area contributed by atoms with E-state index in [1.165, 1.54) is 12.4 Å². The van der Waals surface area contributed by atoms with Crippen LogP contribution < -0.4 is 26.6 Å². The summed E-state index contributed by atoms with van der Waals surface area (Å²) in [5.74, 6) is 0.478. The van der Waals surface area contributed by atoms with Crippen molar-refractivity contribution in [3.05, 3.63) is 59.1 Å². The van der Waals surface area contributed by atoms with Crippen LogP contribution in [-0.2, 0) is 4.79 Å². The van der Waals surface area contributed by atoms with Crippen LogP contribution in [0.15, 0.2) is 49.1 Å². The molecule has 144 valence electrons. The Balaban J connectivity index is 1.56. The van der Waals surface area contributed by atoms with Gasteiger partial charge in [0.15, 0.2) is 18.2 Å². The number of aromatic nitrogens is 3. The highest BCUT2D eigenvalue weighted by molar-refractivity contribution is 6.35. The third-order valence-electron chi connectivity index (χ3n) is 3.40. The molecule has 28 heavy (non-hydrogen) atoms. The Kier molecular flexibility index (Phi) is 6.30. The number of nitrogens with two attached hydrogens (primary N) is 1. The number of halogens is 2. The first-order valence-corrected chi connectivity index (χ1v) is 8.69. The summed E-state index contributed by atoms with van der Waals surface area (Å²) in [7, 11) is 0. The van der Waals surface area contributed by atoms with E-state index in [1.54, 1.807) is 36.7 Å². The van der Waals surface area contributed by atoms with Crippen LogP contribution in [0.1, 0.15) is 0 Å². The Labute approximate surface area is 170 Å². The molecule has 1 amide bonds. The lowest BCUT2D eigenvalue weighted by Crippen LogP contribution is -2.34. The van der Waals surface area contributed by atoms with Gasteiger partial charge in [0.1, 0.15) is 17.8 Å². The summed E-state index contributed by atoms with van der Waals surface area (Å²) >= 11 is 11.8. The predicted octanol–water partition coefficient (Wildman–Crippen LogP) is 3.03. The molecule has 0 bridgehead atoms. The SMILES string of the molecule is Nc1c(NNC(=O)COc2ccc(Cl)cc2Cl)ncnc1Nc1ccncc1. The number of anilines is 4. The second-order valence-electron chi connectivity index (χ2n) is 5.38. The lowest BCUT2D eigenvalue weighted by atomic mass is 10.3. The number of benzene rings is 1. The molecule has 0 unspecified atom stereocenters. The number of hydrazine groups is 1. The predicted molar refractivity (Wildman–Crippen MR) is 108 cm³/mol. The number of hydrogen-bond donors (Lipinski definition) is 4. The van der Waals surface area contributed by atoms with Crippen LogP contribution in [0.5, 0.6) is 5.75 Å². The third kappa shape index (κ3) is 5.12. The molecule has 2 heterocycles. The van der Waals surface area contributed by atoms with Crippen molar-refractivity contribution in [2.75, 3.05) is 23.1 Å². The van der Waals surface area contributed by atoms with Crippen molar-refractivity contribution in [3.63, 3.8) is 0 Å². The summed E-state index contributed by atoms with van der Waals surface area (Å²) in [4.78, 5) is 24.0. The number of carbonyl (C=O) groups is 1. The molecular weight excluding hydrogens is 405 g/mol. The molecule has 11 heteroatoms. The van der Waals surface area contributed by atoms with E-state index in [9.17, 15) is 4.79 Å². The summed E-state index contributed by atoms with van der Waals surface area (Å²) in [5, 5.41) is 3.82. The van der Waals surface area contributed by atoms with Gasteiger partial charge < -0.3 is 15.8 Å². The van der Waals surface area contributed by atoms with Gasteiger partial charge in [-0.05, 0) is 30.3 Å². The smallest absolute Gasteiger partial charge is 0.276 e. The zero-order valence-electron chi connectivity index (χ0n) is 14.3. The lowest BCUT2D eigenvalue weighted by molar-refractivity contribution is -0.122. The van der Waals surface area contributed by atoms with Crippen LogP contribution in [0.4, 0.5) is 23.0 Å². The van der Waals surface area contributed by atoms with Crippen molar-refractivity contribution in [1.82, 2.24) is 20.4 Å². The molecule has 0 aliphatic heterocycles. The maximum Gasteiger partial charge on any atom is 0.276 e. The van der Waals surface area contributed by atoms with Gasteiger partial charge in [-0.3, -0.25) is 20.6 Å². The first-order chi connectivity index (χ1) is 13.5. The van der Waals surface area contributed by atoms with Crippen LogP contribution in [0.3, 0.4) is 0 Å². The number of nitrogen functional groups attached to an aromatic ring is 1. The molecule has 0 aliphatic rings. The minimum Gasteiger partial charge on any atom is -0.482 e.